The maximum absolute atomic E-state index is 13.0. The van der Waals surface area contributed by atoms with Gasteiger partial charge in [-0.1, -0.05) is 17.7 Å². The van der Waals surface area contributed by atoms with Crippen molar-refractivity contribution in [2.24, 2.45) is 0 Å². The van der Waals surface area contributed by atoms with Crippen LogP contribution >= 0.6 is 11.6 Å². The van der Waals surface area contributed by atoms with E-state index in [4.69, 9.17) is 26.2 Å². The first-order chi connectivity index (χ1) is 15.2. The number of ether oxygens (including phenoxy) is 2. The number of carbonyl (C=O) groups is 4. The van der Waals surface area contributed by atoms with Gasteiger partial charge in [0, 0.05) is 5.02 Å². The molecule has 3 rings (SSSR count). The molecular formula is C22H19ClN2O7. The number of urea groups is 1. The minimum Gasteiger partial charge on any atom is -0.490 e. The summed E-state index contributed by atoms with van der Waals surface area (Å²) >= 11 is 5.86. The Kier molecular flexibility index (Phi) is 6.79. The third kappa shape index (κ3) is 4.89. The summed E-state index contributed by atoms with van der Waals surface area (Å²) in [6, 6.07) is 9.63. The fourth-order valence-corrected chi connectivity index (χ4v) is 3.00. The molecule has 0 saturated carbocycles. The molecule has 9 nitrogen and oxygen atoms in total. The molecule has 4 amide bonds. The van der Waals surface area contributed by atoms with E-state index in [-0.39, 0.29) is 29.4 Å². The molecule has 0 radical (unpaired) electrons. The summed E-state index contributed by atoms with van der Waals surface area (Å²) in [5.41, 5.74) is 0.388. The van der Waals surface area contributed by atoms with Gasteiger partial charge in [0.2, 0.25) is 0 Å². The highest BCUT2D eigenvalue weighted by atomic mass is 35.5. The Morgan fingerprint density at radius 2 is 1.84 bits per heavy atom. The topological polar surface area (TPSA) is 122 Å². The lowest BCUT2D eigenvalue weighted by Gasteiger charge is -2.26. The van der Waals surface area contributed by atoms with E-state index in [0.717, 1.165) is 4.90 Å². The lowest BCUT2D eigenvalue weighted by Crippen LogP contribution is -2.54. The SMILES string of the molecule is CCOc1cc(/C=C2\C(=O)NC(=O)N(c3ccc(Cl)cc3)C2=O)ccc1O[C@H](C)C(=O)O. The third-order valence-electron chi connectivity index (χ3n) is 4.42. The number of nitrogens with one attached hydrogen (secondary N) is 1. The normalized spacial score (nSPS) is 16.0. The highest BCUT2D eigenvalue weighted by Crippen LogP contribution is 2.31. The number of imide groups is 2. The number of benzene rings is 2. The zero-order chi connectivity index (χ0) is 23.4. The Balaban J connectivity index is 1.96. The third-order valence-corrected chi connectivity index (χ3v) is 4.67. The smallest absolute Gasteiger partial charge is 0.344 e. The lowest BCUT2D eigenvalue weighted by molar-refractivity contribution is -0.144. The van der Waals surface area contributed by atoms with Crippen molar-refractivity contribution in [3.05, 3.63) is 58.6 Å². The number of anilines is 1. The van der Waals surface area contributed by atoms with E-state index in [9.17, 15) is 19.2 Å². The Bertz CT molecular complexity index is 1110. The van der Waals surface area contributed by atoms with Crippen LogP contribution in [0.4, 0.5) is 10.5 Å². The Labute approximate surface area is 188 Å². The monoisotopic (exact) mass is 458 g/mol. The van der Waals surface area contributed by atoms with Gasteiger partial charge in [-0.2, -0.15) is 0 Å². The zero-order valence-electron chi connectivity index (χ0n) is 17.1. The van der Waals surface area contributed by atoms with Gasteiger partial charge in [-0.25, -0.2) is 14.5 Å². The molecule has 0 unspecified atom stereocenters. The molecule has 2 N–H and O–H groups in total. The van der Waals surface area contributed by atoms with Crippen molar-refractivity contribution in [3.63, 3.8) is 0 Å². The number of carboxylic acids is 1. The maximum atomic E-state index is 13.0. The van der Waals surface area contributed by atoms with Gasteiger partial charge >= 0.3 is 12.0 Å². The molecule has 166 valence electrons. The first kappa shape index (κ1) is 22.8. The molecule has 0 spiro atoms. The number of barbiturate groups is 1. The number of halogens is 1. The molecule has 32 heavy (non-hydrogen) atoms. The summed E-state index contributed by atoms with van der Waals surface area (Å²) in [6.45, 7) is 3.39. The molecule has 1 fully saturated rings. The summed E-state index contributed by atoms with van der Waals surface area (Å²) in [7, 11) is 0. The standard InChI is InChI=1S/C22H19ClN2O7/c1-3-31-18-11-13(4-9-17(18)32-12(2)21(28)29)10-16-19(26)24-22(30)25(20(16)27)15-7-5-14(23)6-8-15/h4-12H,3H2,1-2H3,(H,28,29)(H,24,26,30)/b16-10+/t12-/m1/s1. The number of hydrogen-bond acceptors (Lipinski definition) is 6. The van der Waals surface area contributed by atoms with Gasteiger partial charge < -0.3 is 14.6 Å². The Morgan fingerprint density at radius 1 is 1.16 bits per heavy atom. The van der Waals surface area contributed by atoms with Gasteiger partial charge in [0.1, 0.15) is 5.57 Å². The number of carbonyl (C=O) groups excluding carboxylic acids is 3. The van der Waals surface area contributed by atoms with Crippen LogP contribution < -0.4 is 19.7 Å². The minimum atomic E-state index is -1.14. The summed E-state index contributed by atoms with van der Waals surface area (Å²) in [5.74, 6) is -2.36. The van der Waals surface area contributed by atoms with E-state index in [1.807, 2.05) is 0 Å². The molecule has 1 aliphatic rings. The summed E-state index contributed by atoms with van der Waals surface area (Å²) in [4.78, 5) is 49.5. The molecule has 2 aromatic carbocycles. The summed E-state index contributed by atoms with van der Waals surface area (Å²) in [5, 5.41) is 11.6. The van der Waals surface area contributed by atoms with Crippen LogP contribution in [0.15, 0.2) is 48.0 Å². The second-order valence-corrected chi connectivity index (χ2v) is 7.11. The van der Waals surface area contributed by atoms with Crippen molar-refractivity contribution in [1.82, 2.24) is 5.32 Å². The second-order valence-electron chi connectivity index (χ2n) is 6.67. The zero-order valence-corrected chi connectivity index (χ0v) is 17.9. The van der Waals surface area contributed by atoms with Gasteiger partial charge in [-0.3, -0.25) is 14.9 Å². The van der Waals surface area contributed by atoms with Crippen LogP contribution in [0.3, 0.4) is 0 Å². The van der Waals surface area contributed by atoms with Crippen molar-refractivity contribution in [3.8, 4) is 11.5 Å². The van der Waals surface area contributed by atoms with Crippen LogP contribution in [-0.4, -0.2) is 41.6 Å². The van der Waals surface area contributed by atoms with Crippen LogP contribution in [0.25, 0.3) is 6.08 Å². The van der Waals surface area contributed by atoms with Gasteiger partial charge in [-0.15, -0.1) is 0 Å². The van der Waals surface area contributed by atoms with Crippen LogP contribution in [0.1, 0.15) is 19.4 Å². The molecule has 1 aliphatic heterocycles. The van der Waals surface area contributed by atoms with Crippen molar-refractivity contribution < 1.29 is 33.8 Å². The average molecular weight is 459 g/mol. The molecule has 10 heteroatoms. The molecule has 1 heterocycles. The fourth-order valence-electron chi connectivity index (χ4n) is 2.87. The predicted molar refractivity (Wildman–Crippen MR) is 116 cm³/mol. The molecule has 1 saturated heterocycles. The lowest BCUT2D eigenvalue weighted by atomic mass is 10.1. The Morgan fingerprint density at radius 3 is 2.47 bits per heavy atom. The van der Waals surface area contributed by atoms with Gasteiger partial charge in [0.05, 0.1) is 12.3 Å². The average Bonchev–Trinajstić information content (AvgIpc) is 2.74. The minimum absolute atomic E-state index is 0.196. The Hall–Kier alpha value is -3.85. The number of rotatable bonds is 7. The summed E-state index contributed by atoms with van der Waals surface area (Å²) < 4.78 is 10.9. The first-order valence-corrected chi connectivity index (χ1v) is 9.92. The van der Waals surface area contributed by atoms with E-state index >= 15 is 0 Å². The summed E-state index contributed by atoms with van der Waals surface area (Å²) in [6.07, 6.45) is 0.197. The maximum Gasteiger partial charge on any atom is 0.344 e. The molecule has 0 aliphatic carbocycles. The van der Waals surface area contributed by atoms with Gasteiger partial charge in [0.15, 0.2) is 17.6 Å². The van der Waals surface area contributed by atoms with Crippen LogP contribution in [0.5, 0.6) is 11.5 Å². The molecular weight excluding hydrogens is 440 g/mol. The highest BCUT2D eigenvalue weighted by molar-refractivity contribution is 6.39. The number of amides is 4. The number of hydrogen-bond donors (Lipinski definition) is 2. The van der Waals surface area contributed by atoms with E-state index in [1.165, 1.54) is 55.5 Å². The molecule has 0 bridgehead atoms. The van der Waals surface area contributed by atoms with Crippen LogP contribution in [0, 0.1) is 0 Å². The molecule has 2 aromatic rings. The van der Waals surface area contributed by atoms with Crippen LogP contribution in [-0.2, 0) is 14.4 Å². The van der Waals surface area contributed by atoms with E-state index in [0.29, 0.717) is 10.6 Å². The highest BCUT2D eigenvalue weighted by Gasteiger charge is 2.36. The van der Waals surface area contributed by atoms with Crippen molar-refractivity contribution in [1.29, 1.82) is 0 Å². The van der Waals surface area contributed by atoms with Crippen molar-refractivity contribution >= 4 is 47.2 Å². The van der Waals surface area contributed by atoms with Crippen LogP contribution in [0.2, 0.25) is 5.02 Å². The fraction of sp³-hybridized carbons (Fsp3) is 0.182. The van der Waals surface area contributed by atoms with Gasteiger partial charge in [-0.05, 0) is 61.9 Å². The van der Waals surface area contributed by atoms with E-state index < -0.39 is 29.9 Å². The number of carboxylic acid groups (broad SMARTS) is 1. The second kappa shape index (κ2) is 9.52. The predicted octanol–water partition coefficient (Wildman–Crippen LogP) is 3.26. The van der Waals surface area contributed by atoms with E-state index in [2.05, 4.69) is 5.32 Å². The van der Waals surface area contributed by atoms with Crippen molar-refractivity contribution in [2.45, 2.75) is 20.0 Å². The largest absolute Gasteiger partial charge is 0.490 e. The molecule has 1 atom stereocenters. The van der Waals surface area contributed by atoms with Gasteiger partial charge in [0.25, 0.3) is 11.8 Å². The number of aliphatic carboxylic acids is 1. The molecule has 0 aromatic heterocycles. The number of nitrogens with zero attached hydrogens (tertiary/aromatic N) is 1. The quantitative estimate of drug-likeness (QED) is 0.482. The van der Waals surface area contributed by atoms with Crippen molar-refractivity contribution in [2.75, 3.05) is 11.5 Å². The first-order valence-electron chi connectivity index (χ1n) is 9.54. The van der Waals surface area contributed by atoms with E-state index in [1.54, 1.807) is 6.92 Å².